The van der Waals surface area contributed by atoms with E-state index in [9.17, 15) is 9.18 Å². The van der Waals surface area contributed by atoms with Gasteiger partial charge in [-0.25, -0.2) is 9.37 Å². The highest BCUT2D eigenvalue weighted by atomic mass is 19.1. The number of aryl methyl sites for hydroxylation is 2. The molecule has 7 nitrogen and oxygen atoms in total. The fourth-order valence-electron chi connectivity index (χ4n) is 3.93. The summed E-state index contributed by atoms with van der Waals surface area (Å²) in [5.41, 5.74) is 4.54. The van der Waals surface area contributed by atoms with Crippen molar-refractivity contribution in [3.8, 4) is 0 Å². The maximum atomic E-state index is 13.5. The molecular formula is C23H27FN6O. The van der Waals surface area contributed by atoms with Crippen molar-refractivity contribution in [1.29, 1.82) is 0 Å². The van der Waals surface area contributed by atoms with Crippen molar-refractivity contribution >= 4 is 17.4 Å². The summed E-state index contributed by atoms with van der Waals surface area (Å²) < 4.78 is 15.4. The van der Waals surface area contributed by atoms with Crippen molar-refractivity contribution in [2.45, 2.75) is 20.4 Å². The zero-order valence-corrected chi connectivity index (χ0v) is 18.1. The molecule has 0 spiro atoms. The summed E-state index contributed by atoms with van der Waals surface area (Å²) >= 11 is 0. The SMILES string of the molecule is Cc1nn(C)c(C)c1CN1CCN(C(=O)c2cccnc2Nc2cccc(F)c2)CC1. The number of benzene rings is 1. The third-order valence-corrected chi connectivity index (χ3v) is 5.83. The molecule has 2 aromatic heterocycles. The van der Waals surface area contributed by atoms with Gasteiger partial charge in [0.2, 0.25) is 0 Å². The smallest absolute Gasteiger partial charge is 0.257 e. The molecule has 1 N–H and O–H groups in total. The normalized spacial score (nSPS) is 14.6. The second-order valence-corrected chi connectivity index (χ2v) is 7.88. The van der Waals surface area contributed by atoms with E-state index in [-0.39, 0.29) is 11.7 Å². The van der Waals surface area contributed by atoms with Gasteiger partial charge in [-0.15, -0.1) is 0 Å². The van der Waals surface area contributed by atoms with E-state index in [1.165, 1.54) is 23.4 Å². The maximum Gasteiger partial charge on any atom is 0.257 e. The molecule has 3 heterocycles. The summed E-state index contributed by atoms with van der Waals surface area (Å²) in [6, 6.07) is 9.62. The molecule has 0 bridgehead atoms. The number of aromatic nitrogens is 3. The second kappa shape index (κ2) is 8.85. The molecule has 1 fully saturated rings. The van der Waals surface area contributed by atoms with Gasteiger partial charge in [0.25, 0.3) is 5.91 Å². The molecule has 1 saturated heterocycles. The molecule has 1 aromatic carbocycles. The standard InChI is InChI=1S/C23H27FN6O/c1-16-21(17(2)28(3)27-16)15-29-10-12-30(13-11-29)23(31)20-8-5-9-25-22(20)26-19-7-4-6-18(24)14-19/h4-9,14H,10-13,15H2,1-3H3,(H,25,26). The van der Waals surface area contributed by atoms with Crippen molar-refractivity contribution in [2.75, 3.05) is 31.5 Å². The summed E-state index contributed by atoms with van der Waals surface area (Å²) in [4.78, 5) is 21.7. The van der Waals surface area contributed by atoms with Gasteiger partial charge >= 0.3 is 0 Å². The van der Waals surface area contributed by atoms with E-state index in [1.807, 2.05) is 23.6 Å². The third-order valence-electron chi connectivity index (χ3n) is 5.83. The Labute approximate surface area is 181 Å². The molecule has 0 saturated carbocycles. The number of pyridine rings is 1. The van der Waals surface area contributed by atoms with Crippen LogP contribution >= 0.6 is 0 Å². The van der Waals surface area contributed by atoms with Crippen LogP contribution in [0.3, 0.4) is 0 Å². The van der Waals surface area contributed by atoms with Crippen molar-refractivity contribution < 1.29 is 9.18 Å². The Balaban J connectivity index is 1.42. The fraction of sp³-hybridized carbons (Fsp3) is 0.348. The lowest BCUT2D eigenvalue weighted by molar-refractivity contribution is 0.0628. The molecule has 0 atom stereocenters. The van der Waals surface area contributed by atoms with Gasteiger partial charge in [0, 0.05) is 62.9 Å². The maximum absolute atomic E-state index is 13.5. The van der Waals surface area contributed by atoms with E-state index in [1.54, 1.807) is 30.5 Å². The van der Waals surface area contributed by atoms with Crippen LogP contribution in [0.2, 0.25) is 0 Å². The van der Waals surface area contributed by atoms with Crippen LogP contribution in [0.15, 0.2) is 42.6 Å². The van der Waals surface area contributed by atoms with Crippen LogP contribution < -0.4 is 5.32 Å². The lowest BCUT2D eigenvalue weighted by Gasteiger charge is -2.35. The quantitative estimate of drug-likeness (QED) is 0.684. The lowest BCUT2D eigenvalue weighted by atomic mass is 10.1. The van der Waals surface area contributed by atoms with Crippen LogP contribution in [0.25, 0.3) is 0 Å². The minimum atomic E-state index is -0.344. The number of carbonyl (C=O) groups is 1. The van der Waals surface area contributed by atoms with Crippen LogP contribution in [-0.2, 0) is 13.6 Å². The largest absolute Gasteiger partial charge is 0.339 e. The van der Waals surface area contributed by atoms with Crippen molar-refractivity contribution in [2.24, 2.45) is 7.05 Å². The Morgan fingerprint density at radius 3 is 2.58 bits per heavy atom. The summed E-state index contributed by atoms with van der Waals surface area (Å²) in [5, 5.41) is 7.57. The summed E-state index contributed by atoms with van der Waals surface area (Å²) in [6.45, 7) is 7.85. The van der Waals surface area contributed by atoms with Gasteiger partial charge in [-0.1, -0.05) is 6.07 Å². The van der Waals surface area contributed by atoms with E-state index < -0.39 is 0 Å². The predicted octanol–water partition coefficient (Wildman–Crippen LogP) is 3.27. The highest BCUT2D eigenvalue weighted by molar-refractivity contribution is 5.99. The van der Waals surface area contributed by atoms with E-state index in [4.69, 9.17) is 0 Å². The second-order valence-electron chi connectivity index (χ2n) is 7.88. The first-order valence-electron chi connectivity index (χ1n) is 10.4. The highest BCUT2D eigenvalue weighted by Gasteiger charge is 2.25. The molecule has 8 heteroatoms. The first-order valence-corrected chi connectivity index (χ1v) is 10.4. The van der Waals surface area contributed by atoms with Crippen LogP contribution in [0.5, 0.6) is 0 Å². The average Bonchev–Trinajstić information content (AvgIpc) is 3.00. The molecule has 1 amide bonds. The van der Waals surface area contributed by atoms with E-state index in [0.29, 0.717) is 30.2 Å². The molecule has 162 valence electrons. The minimum Gasteiger partial charge on any atom is -0.339 e. The zero-order valence-electron chi connectivity index (χ0n) is 18.1. The molecule has 3 aromatic rings. The van der Waals surface area contributed by atoms with Gasteiger partial charge < -0.3 is 10.2 Å². The van der Waals surface area contributed by atoms with Gasteiger partial charge in [0.15, 0.2) is 0 Å². The van der Waals surface area contributed by atoms with Crippen LogP contribution in [-0.4, -0.2) is 56.7 Å². The molecule has 0 aliphatic carbocycles. The number of anilines is 2. The first-order chi connectivity index (χ1) is 14.9. The Morgan fingerprint density at radius 2 is 1.90 bits per heavy atom. The third kappa shape index (κ3) is 4.59. The number of rotatable bonds is 5. The molecule has 31 heavy (non-hydrogen) atoms. The number of nitrogens with zero attached hydrogens (tertiary/aromatic N) is 5. The van der Waals surface area contributed by atoms with Gasteiger partial charge in [-0.2, -0.15) is 5.10 Å². The van der Waals surface area contributed by atoms with Gasteiger partial charge in [-0.05, 0) is 44.2 Å². The molecule has 0 radical (unpaired) electrons. The van der Waals surface area contributed by atoms with E-state index >= 15 is 0 Å². The van der Waals surface area contributed by atoms with Crippen LogP contribution in [0.4, 0.5) is 15.9 Å². The number of amides is 1. The number of nitrogens with one attached hydrogen (secondary N) is 1. The van der Waals surface area contributed by atoms with Gasteiger partial charge in [0.05, 0.1) is 11.3 Å². The Hall–Kier alpha value is -3.26. The Bertz CT molecular complexity index is 1090. The number of piperazine rings is 1. The monoisotopic (exact) mass is 422 g/mol. The summed E-state index contributed by atoms with van der Waals surface area (Å²) in [5.74, 6) is 0.0200. The number of carbonyl (C=O) groups excluding carboxylic acids is 1. The van der Waals surface area contributed by atoms with E-state index in [2.05, 4.69) is 27.2 Å². The molecule has 1 aliphatic rings. The van der Waals surface area contributed by atoms with Crippen molar-refractivity contribution in [1.82, 2.24) is 24.6 Å². The van der Waals surface area contributed by atoms with Crippen LogP contribution in [0.1, 0.15) is 27.3 Å². The van der Waals surface area contributed by atoms with Gasteiger partial charge in [-0.3, -0.25) is 14.4 Å². The fourth-order valence-corrected chi connectivity index (χ4v) is 3.93. The van der Waals surface area contributed by atoms with Crippen molar-refractivity contribution in [3.63, 3.8) is 0 Å². The summed E-state index contributed by atoms with van der Waals surface area (Å²) in [6.07, 6.45) is 1.62. The number of hydrogen-bond donors (Lipinski definition) is 1. The molecule has 1 aliphatic heterocycles. The molecular weight excluding hydrogens is 395 g/mol. The lowest BCUT2D eigenvalue weighted by Crippen LogP contribution is -2.48. The number of hydrogen-bond acceptors (Lipinski definition) is 5. The molecule has 0 unspecified atom stereocenters. The van der Waals surface area contributed by atoms with E-state index in [0.717, 1.165) is 25.3 Å². The number of halogens is 1. The predicted molar refractivity (Wildman–Crippen MR) is 118 cm³/mol. The highest BCUT2D eigenvalue weighted by Crippen LogP contribution is 2.22. The summed E-state index contributed by atoms with van der Waals surface area (Å²) in [7, 11) is 1.96. The van der Waals surface area contributed by atoms with Gasteiger partial charge in [0.1, 0.15) is 11.6 Å². The Morgan fingerprint density at radius 1 is 1.13 bits per heavy atom. The Kier molecular flexibility index (Phi) is 5.99. The molecule has 4 rings (SSSR count). The average molecular weight is 423 g/mol. The van der Waals surface area contributed by atoms with Crippen molar-refractivity contribution in [3.05, 3.63) is 70.9 Å². The topological polar surface area (TPSA) is 66.3 Å². The minimum absolute atomic E-state index is 0.0691. The first kappa shape index (κ1) is 21.0. The zero-order chi connectivity index (χ0) is 22.0. The van der Waals surface area contributed by atoms with Crippen LogP contribution in [0, 0.1) is 19.7 Å².